The molecule has 3 aromatic rings. The molecule has 3 rings (SSSR count). The Hall–Kier alpha value is -2.81. The van der Waals surface area contributed by atoms with Crippen LogP contribution in [0.15, 0.2) is 73.1 Å². The van der Waals surface area contributed by atoms with Gasteiger partial charge in [0, 0.05) is 34.3 Å². The molecular formula is C22H25N3. The fourth-order valence-corrected chi connectivity index (χ4v) is 2.89. The summed E-state index contributed by atoms with van der Waals surface area (Å²) in [5.41, 5.74) is 5.23. The van der Waals surface area contributed by atoms with Crippen molar-refractivity contribution >= 4 is 28.0 Å². The summed E-state index contributed by atoms with van der Waals surface area (Å²) in [4.78, 5) is 4.41. The molecule has 2 N–H and O–H groups in total. The van der Waals surface area contributed by atoms with Crippen LogP contribution in [0.25, 0.3) is 10.9 Å². The van der Waals surface area contributed by atoms with E-state index in [0.717, 1.165) is 40.1 Å². The highest BCUT2D eigenvalue weighted by molar-refractivity contribution is 5.92. The summed E-state index contributed by atoms with van der Waals surface area (Å²) in [6, 6.07) is 18.5. The Balaban J connectivity index is 1.72. The summed E-state index contributed by atoms with van der Waals surface area (Å²) in [5.74, 6) is 0. The highest BCUT2D eigenvalue weighted by atomic mass is 14.9. The number of benzene rings is 2. The first-order valence-electron chi connectivity index (χ1n) is 8.92. The molecule has 0 saturated carbocycles. The molecule has 0 radical (unpaired) electrons. The number of fused-ring (bicyclic) bond motifs is 1. The second kappa shape index (κ2) is 8.34. The monoisotopic (exact) mass is 331 g/mol. The Labute approximate surface area is 149 Å². The van der Waals surface area contributed by atoms with Crippen molar-refractivity contribution in [3.8, 4) is 0 Å². The second-order valence-electron chi connectivity index (χ2n) is 6.27. The van der Waals surface area contributed by atoms with Crippen molar-refractivity contribution < 1.29 is 0 Å². The molecule has 0 spiro atoms. The number of hydrogen-bond acceptors (Lipinski definition) is 3. The van der Waals surface area contributed by atoms with Crippen LogP contribution >= 0.6 is 0 Å². The van der Waals surface area contributed by atoms with Gasteiger partial charge in [-0.3, -0.25) is 4.98 Å². The first-order valence-corrected chi connectivity index (χ1v) is 8.92. The summed E-state index contributed by atoms with van der Waals surface area (Å²) < 4.78 is 0. The summed E-state index contributed by atoms with van der Waals surface area (Å²) >= 11 is 0. The van der Waals surface area contributed by atoms with Gasteiger partial charge < -0.3 is 10.6 Å². The molecule has 2 aromatic carbocycles. The molecule has 0 saturated heterocycles. The zero-order valence-corrected chi connectivity index (χ0v) is 14.8. The third-order valence-corrected chi connectivity index (χ3v) is 4.19. The normalized spacial score (nSPS) is 10.6. The fourth-order valence-electron chi connectivity index (χ4n) is 2.89. The molecule has 0 fully saturated rings. The average Bonchev–Trinajstić information content (AvgIpc) is 2.63. The van der Waals surface area contributed by atoms with Gasteiger partial charge in [0.15, 0.2) is 0 Å². The van der Waals surface area contributed by atoms with Crippen molar-refractivity contribution in [1.82, 2.24) is 4.98 Å². The Morgan fingerprint density at radius 1 is 1.00 bits per heavy atom. The van der Waals surface area contributed by atoms with Gasteiger partial charge in [0.05, 0.1) is 5.52 Å². The number of pyridine rings is 1. The molecule has 0 atom stereocenters. The molecule has 3 nitrogen and oxygen atoms in total. The quantitative estimate of drug-likeness (QED) is 0.464. The van der Waals surface area contributed by atoms with Crippen LogP contribution in [0.4, 0.5) is 17.1 Å². The van der Waals surface area contributed by atoms with E-state index in [9.17, 15) is 0 Å². The summed E-state index contributed by atoms with van der Waals surface area (Å²) in [7, 11) is 0. The van der Waals surface area contributed by atoms with E-state index in [1.807, 2.05) is 36.5 Å². The van der Waals surface area contributed by atoms with Gasteiger partial charge in [-0.15, -0.1) is 0 Å². The maximum atomic E-state index is 4.41. The summed E-state index contributed by atoms with van der Waals surface area (Å²) in [5, 5.41) is 8.04. The van der Waals surface area contributed by atoms with Crippen LogP contribution in [-0.2, 0) is 0 Å². The fraction of sp³-hybridized carbons (Fsp3) is 0.227. The van der Waals surface area contributed by atoms with Crippen molar-refractivity contribution in [3.63, 3.8) is 0 Å². The van der Waals surface area contributed by atoms with Gasteiger partial charge in [0.2, 0.25) is 0 Å². The SMILES string of the molecule is C=C(CCCCC)Nc1cccc(Nc2ccnc3ccccc23)c1. The number of anilines is 3. The first-order chi connectivity index (χ1) is 12.3. The van der Waals surface area contributed by atoms with Crippen molar-refractivity contribution in [2.45, 2.75) is 32.6 Å². The molecule has 25 heavy (non-hydrogen) atoms. The van der Waals surface area contributed by atoms with Crippen LogP contribution in [0.5, 0.6) is 0 Å². The lowest BCUT2D eigenvalue weighted by Gasteiger charge is -2.13. The lowest BCUT2D eigenvalue weighted by Crippen LogP contribution is -1.99. The Morgan fingerprint density at radius 2 is 1.84 bits per heavy atom. The molecule has 0 amide bonds. The number of aromatic nitrogens is 1. The molecule has 0 aliphatic heterocycles. The Morgan fingerprint density at radius 3 is 2.72 bits per heavy atom. The first kappa shape index (κ1) is 17.0. The number of nitrogens with zero attached hydrogens (tertiary/aromatic N) is 1. The van der Waals surface area contributed by atoms with Crippen molar-refractivity contribution in [2.24, 2.45) is 0 Å². The van der Waals surface area contributed by atoms with Crippen LogP contribution < -0.4 is 10.6 Å². The smallest absolute Gasteiger partial charge is 0.0722 e. The van der Waals surface area contributed by atoms with Crippen molar-refractivity contribution in [1.29, 1.82) is 0 Å². The van der Waals surface area contributed by atoms with Crippen LogP contribution in [0, 0.1) is 0 Å². The standard InChI is InChI=1S/C22H25N3/c1-3-4-5-9-17(2)24-18-10-8-11-19(16-18)25-22-14-15-23-21-13-7-6-12-20(21)22/h6-8,10-16,24H,2-5,9H2,1H3,(H,23,25). The molecule has 1 heterocycles. The minimum atomic E-state index is 0.992. The molecule has 128 valence electrons. The highest BCUT2D eigenvalue weighted by Crippen LogP contribution is 2.26. The van der Waals surface area contributed by atoms with E-state index in [1.54, 1.807) is 0 Å². The third kappa shape index (κ3) is 4.60. The number of rotatable bonds is 8. The molecule has 3 heteroatoms. The van der Waals surface area contributed by atoms with E-state index in [0.29, 0.717) is 0 Å². The van der Waals surface area contributed by atoms with Crippen molar-refractivity contribution in [2.75, 3.05) is 10.6 Å². The van der Waals surface area contributed by atoms with Gasteiger partial charge in [-0.1, -0.05) is 50.6 Å². The van der Waals surface area contributed by atoms with Crippen LogP contribution in [0.3, 0.4) is 0 Å². The number of para-hydroxylation sites is 1. The Bertz CT molecular complexity index is 849. The summed E-state index contributed by atoms with van der Waals surface area (Å²) in [6.07, 6.45) is 6.51. The lowest BCUT2D eigenvalue weighted by molar-refractivity contribution is 0.716. The van der Waals surface area contributed by atoms with E-state index in [4.69, 9.17) is 0 Å². The summed E-state index contributed by atoms with van der Waals surface area (Å²) in [6.45, 7) is 6.35. The second-order valence-corrected chi connectivity index (χ2v) is 6.27. The van der Waals surface area contributed by atoms with Crippen LogP contribution in [0.1, 0.15) is 32.6 Å². The van der Waals surface area contributed by atoms with Crippen LogP contribution in [-0.4, -0.2) is 4.98 Å². The maximum absolute atomic E-state index is 4.41. The minimum Gasteiger partial charge on any atom is -0.359 e. The van der Waals surface area contributed by atoms with Gasteiger partial charge in [0.1, 0.15) is 0 Å². The lowest BCUT2D eigenvalue weighted by atomic mass is 10.1. The van der Waals surface area contributed by atoms with Crippen molar-refractivity contribution in [3.05, 3.63) is 73.1 Å². The third-order valence-electron chi connectivity index (χ3n) is 4.19. The van der Waals surface area contributed by atoms with Gasteiger partial charge in [-0.25, -0.2) is 0 Å². The molecule has 1 aromatic heterocycles. The number of unbranched alkanes of at least 4 members (excludes halogenated alkanes) is 2. The van der Waals surface area contributed by atoms with E-state index in [-0.39, 0.29) is 0 Å². The van der Waals surface area contributed by atoms with Gasteiger partial charge >= 0.3 is 0 Å². The molecule has 0 bridgehead atoms. The minimum absolute atomic E-state index is 0.992. The molecule has 0 unspecified atom stereocenters. The molecule has 0 aliphatic rings. The number of allylic oxidation sites excluding steroid dienone is 1. The highest BCUT2D eigenvalue weighted by Gasteiger charge is 2.03. The van der Waals surface area contributed by atoms with E-state index in [1.165, 1.54) is 19.3 Å². The topological polar surface area (TPSA) is 37.0 Å². The zero-order chi connectivity index (χ0) is 17.5. The number of nitrogens with one attached hydrogen (secondary N) is 2. The zero-order valence-electron chi connectivity index (χ0n) is 14.8. The van der Waals surface area contributed by atoms with E-state index >= 15 is 0 Å². The predicted molar refractivity (Wildman–Crippen MR) is 108 cm³/mol. The largest absolute Gasteiger partial charge is 0.359 e. The molecule has 0 aliphatic carbocycles. The average molecular weight is 331 g/mol. The van der Waals surface area contributed by atoms with E-state index in [2.05, 4.69) is 53.4 Å². The Kier molecular flexibility index (Phi) is 5.68. The molecular weight excluding hydrogens is 306 g/mol. The van der Waals surface area contributed by atoms with Gasteiger partial charge in [0.25, 0.3) is 0 Å². The predicted octanol–water partition coefficient (Wildman–Crippen LogP) is 6.48. The van der Waals surface area contributed by atoms with E-state index < -0.39 is 0 Å². The van der Waals surface area contributed by atoms with Gasteiger partial charge in [-0.2, -0.15) is 0 Å². The van der Waals surface area contributed by atoms with Gasteiger partial charge in [-0.05, 0) is 43.2 Å². The maximum Gasteiger partial charge on any atom is 0.0722 e. The number of hydrogen-bond donors (Lipinski definition) is 2. The van der Waals surface area contributed by atoms with Crippen LogP contribution in [0.2, 0.25) is 0 Å².